The van der Waals surface area contributed by atoms with Crippen LogP contribution in [0.4, 0.5) is 10.5 Å². The van der Waals surface area contributed by atoms with Crippen LogP contribution in [0.5, 0.6) is 0 Å². The molecule has 4 nitrogen and oxygen atoms in total. The van der Waals surface area contributed by atoms with Gasteiger partial charge in [0.2, 0.25) is 0 Å². The second-order valence-corrected chi connectivity index (χ2v) is 5.09. The molecule has 1 atom stereocenters. The molecule has 0 heterocycles. The number of carbonyl (C=O) groups excluding carboxylic acids is 1. The number of carbonyl (C=O) groups is 1. The highest BCUT2D eigenvalue weighted by Gasteiger charge is 2.06. The highest BCUT2D eigenvalue weighted by atomic mass is 127. The fourth-order valence-corrected chi connectivity index (χ4v) is 1.84. The zero-order chi connectivity index (χ0) is 12.7. The van der Waals surface area contributed by atoms with Crippen molar-refractivity contribution >= 4 is 34.3 Å². The average Bonchev–Trinajstić information content (AvgIpc) is 2.30. The number of anilines is 1. The Hall–Kier alpha value is -0.820. The minimum Gasteiger partial charge on any atom is -0.396 e. The Bertz CT molecular complexity index is 371. The first-order valence-corrected chi connectivity index (χ1v) is 6.61. The van der Waals surface area contributed by atoms with Gasteiger partial charge in [0.25, 0.3) is 0 Å². The van der Waals surface area contributed by atoms with E-state index in [1.807, 2.05) is 31.2 Å². The van der Waals surface area contributed by atoms with Crippen LogP contribution in [0.3, 0.4) is 0 Å². The summed E-state index contributed by atoms with van der Waals surface area (Å²) >= 11 is 2.17. The summed E-state index contributed by atoms with van der Waals surface area (Å²) in [5.41, 5.74) is 0.806. The van der Waals surface area contributed by atoms with E-state index in [2.05, 4.69) is 33.2 Å². The Balaban J connectivity index is 2.37. The number of aliphatic hydroxyl groups excluding tert-OH is 1. The topological polar surface area (TPSA) is 61.4 Å². The summed E-state index contributed by atoms with van der Waals surface area (Å²) in [6, 6.07) is 7.39. The molecule has 2 amide bonds. The monoisotopic (exact) mass is 348 g/mol. The van der Waals surface area contributed by atoms with Gasteiger partial charge in [0.1, 0.15) is 0 Å². The summed E-state index contributed by atoms with van der Waals surface area (Å²) in [5.74, 6) is 0.278. The van der Waals surface area contributed by atoms with E-state index in [-0.39, 0.29) is 18.6 Å². The van der Waals surface area contributed by atoms with E-state index in [4.69, 9.17) is 5.11 Å². The lowest BCUT2D eigenvalue weighted by Crippen LogP contribution is -2.32. The molecule has 1 rings (SSSR count). The van der Waals surface area contributed by atoms with Gasteiger partial charge >= 0.3 is 6.03 Å². The Labute approximate surface area is 115 Å². The number of benzene rings is 1. The number of urea groups is 1. The highest BCUT2D eigenvalue weighted by molar-refractivity contribution is 14.1. The van der Waals surface area contributed by atoms with E-state index in [1.54, 1.807) is 0 Å². The predicted molar refractivity (Wildman–Crippen MR) is 77.0 cm³/mol. The molecule has 0 spiro atoms. The van der Waals surface area contributed by atoms with Crippen molar-refractivity contribution in [1.29, 1.82) is 0 Å². The van der Waals surface area contributed by atoms with Crippen LogP contribution in [-0.2, 0) is 0 Å². The fraction of sp³-hybridized carbons (Fsp3) is 0.417. The Kier molecular flexibility index (Phi) is 6.28. The molecule has 0 aromatic heterocycles. The van der Waals surface area contributed by atoms with Gasteiger partial charge in [0.05, 0.1) is 5.69 Å². The van der Waals surface area contributed by atoms with Gasteiger partial charge in [-0.3, -0.25) is 0 Å². The van der Waals surface area contributed by atoms with E-state index >= 15 is 0 Å². The molecule has 0 aliphatic rings. The first kappa shape index (κ1) is 14.2. The third kappa shape index (κ3) is 5.36. The smallest absolute Gasteiger partial charge is 0.319 e. The quantitative estimate of drug-likeness (QED) is 0.716. The van der Waals surface area contributed by atoms with Crippen LogP contribution < -0.4 is 10.6 Å². The van der Waals surface area contributed by atoms with Crippen LogP contribution in [-0.4, -0.2) is 24.3 Å². The van der Waals surface area contributed by atoms with Crippen LogP contribution in [0, 0.1) is 9.49 Å². The fourth-order valence-electron chi connectivity index (χ4n) is 1.32. The van der Waals surface area contributed by atoms with Crippen LogP contribution in [0.15, 0.2) is 24.3 Å². The average molecular weight is 348 g/mol. The van der Waals surface area contributed by atoms with Crippen molar-refractivity contribution < 1.29 is 9.90 Å². The van der Waals surface area contributed by atoms with Gasteiger partial charge in [-0.15, -0.1) is 0 Å². The molecule has 94 valence electrons. The van der Waals surface area contributed by atoms with Crippen molar-refractivity contribution in [2.45, 2.75) is 13.3 Å². The highest BCUT2D eigenvalue weighted by Crippen LogP contribution is 2.16. The van der Waals surface area contributed by atoms with Crippen LogP contribution in [0.25, 0.3) is 0 Å². The van der Waals surface area contributed by atoms with Crippen molar-refractivity contribution in [3.8, 4) is 0 Å². The second kappa shape index (κ2) is 7.50. The summed E-state index contributed by atoms with van der Waals surface area (Å²) in [6.45, 7) is 2.71. The van der Waals surface area contributed by atoms with Gasteiger partial charge in [-0.1, -0.05) is 19.1 Å². The maximum absolute atomic E-state index is 11.6. The van der Waals surface area contributed by atoms with Gasteiger partial charge in [-0.25, -0.2) is 4.79 Å². The number of hydrogen-bond donors (Lipinski definition) is 3. The van der Waals surface area contributed by atoms with Crippen LogP contribution in [0.1, 0.15) is 13.3 Å². The Morgan fingerprint density at radius 3 is 2.82 bits per heavy atom. The predicted octanol–water partition coefficient (Wildman–Crippen LogP) is 2.43. The van der Waals surface area contributed by atoms with Gasteiger partial charge in [-0.05, 0) is 47.1 Å². The molecule has 0 saturated heterocycles. The minimum atomic E-state index is -0.209. The summed E-state index contributed by atoms with van der Waals surface area (Å²) < 4.78 is 1.00. The van der Waals surface area contributed by atoms with Gasteiger partial charge in [0, 0.05) is 16.7 Å². The zero-order valence-corrected chi connectivity index (χ0v) is 11.9. The lowest BCUT2D eigenvalue weighted by molar-refractivity contribution is 0.243. The molecule has 3 N–H and O–H groups in total. The zero-order valence-electron chi connectivity index (χ0n) is 9.74. The lowest BCUT2D eigenvalue weighted by atomic mass is 10.1. The minimum absolute atomic E-state index is 0.154. The van der Waals surface area contributed by atoms with Crippen LogP contribution >= 0.6 is 22.6 Å². The van der Waals surface area contributed by atoms with Gasteiger partial charge in [0.15, 0.2) is 0 Å². The van der Waals surface area contributed by atoms with Gasteiger partial charge < -0.3 is 15.7 Å². The number of aliphatic hydroxyl groups is 1. The molecule has 0 bridgehead atoms. The third-order valence-corrected chi connectivity index (χ3v) is 3.30. The van der Waals surface area contributed by atoms with Crippen molar-refractivity contribution in [2.75, 3.05) is 18.5 Å². The number of para-hydroxylation sites is 1. The molecule has 1 aromatic carbocycles. The first-order chi connectivity index (χ1) is 8.13. The summed E-state index contributed by atoms with van der Waals surface area (Å²) in [5, 5.41) is 14.3. The number of halogens is 1. The van der Waals surface area contributed by atoms with Gasteiger partial charge in [-0.2, -0.15) is 0 Å². The first-order valence-electron chi connectivity index (χ1n) is 5.53. The standard InChI is InChI=1S/C12H17IN2O2/c1-9(6-7-16)8-14-12(17)15-11-5-3-2-4-10(11)13/h2-5,9,16H,6-8H2,1H3,(H2,14,15,17). The summed E-state index contributed by atoms with van der Waals surface area (Å²) in [6.07, 6.45) is 0.698. The molecule has 1 aromatic rings. The maximum atomic E-state index is 11.6. The van der Waals surface area contributed by atoms with E-state index in [0.29, 0.717) is 13.0 Å². The Morgan fingerprint density at radius 2 is 2.18 bits per heavy atom. The summed E-state index contributed by atoms with van der Waals surface area (Å²) in [7, 11) is 0. The SMILES string of the molecule is CC(CCO)CNC(=O)Nc1ccccc1I. The molecule has 0 saturated carbocycles. The lowest BCUT2D eigenvalue weighted by Gasteiger charge is -2.12. The van der Waals surface area contributed by atoms with Crippen molar-refractivity contribution in [3.63, 3.8) is 0 Å². The Morgan fingerprint density at radius 1 is 1.47 bits per heavy atom. The molecule has 5 heteroatoms. The normalized spacial score (nSPS) is 11.9. The van der Waals surface area contributed by atoms with Crippen molar-refractivity contribution in [3.05, 3.63) is 27.8 Å². The number of amides is 2. The van der Waals surface area contributed by atoms with Crippen molar-refractivity contribution in [1.82, 2.24) is 5.32 Å². The molecule has 17 heavy (non-hydrogen) atoms. The molecule has 0 aliphatic carbocycles. The third-order valence-electron chi connectivity index (χ3n) is 2.36. The number of nitrogens with one attached hydrogen (secondary N) is 2. The van der Waals surface area contributed by atoms with E-state index in [9.17, 15) is 4.79 Å². The molecular formula is C12H17IN2O2. The van der Waals surface area contributed by atoms with Crippen molar-refractivity contribution in [2.24, 2.45) is 5.92 Å². The van der Waals surface area contributed by atoms with Crippen LogP contribution in [0.2, 0.25) is 0 Å². The molecule has 0 radical (unpaired) electrons. The number of rotatable bonds is 5. The molecule has 0 fully saturated rings. The molecule has 1 unspecified atom stereocenters. The molecular weight excluding hydrogens is 331 g/mol. The number of hydrogen-bond acceptors (Lipinski definition) is 2. The second-order valence-electron chi connectivity index (χ2n) is 3.93. The van der Waals surface area contributed by atoms with E-state index in [0.717, 1.165) is 9.26 Å². The largest absolute Gasteiger partial charge is 0.396 e. The van der Waals surface area contributed by atoms with E-state index < -0.39 is 0 Å². The molecule has 0 aliphatic heterocycles. The maximum Gasteiger partial charge on any atom is 0.319 e. The summed E-state index contributed by atoms with van der Waals surface area (Å²) in [4.78, 5) is 11.6. The van der Waals surface area contributed by atoms with E-state index in [1.165, 1.54) is 0 Å².